The van der Waals surface area contributed by atoms with E-state index in [4.69, 9.17) is 16.1 Å². The number of halogens is 1. The van der Waals surface area contributed by atoms with Crippen LogP contribution < -0.4 is 10.7 Å². The van der Waals surface area contributed by atoms with Gasteiger partial charge in [-0.3, -0.25) is 4.79 Å². The summed E-state index contributed by atoms with van der Waals surface area (Å²) in [7, 11) is 0. The molecule has 0 aliphatic rings. The number of pyridine rings is 1. The zero-order chi connectivity index (χ0) is 21.0. The number of H-pyrrole nitrogens is 1. The van der Waals surface area contributed by atoms with E-state index in [1.807, 2.05) is 24.4 Å². The summed E-state index contributed by atoms with van der Waals surface area (Å²) in [6.45, 7) is 4.71. The molecule has 5 aromatic rings. The highest BCUT2D eigenvalue weighted by Gasteiger charge is 2.15. The van der Waals surface area contributed by atoms with Crippen molar-refractivity contribution in [2.75, 3.05) is 0 Å². The van der Waals surface area contributed by atoms with E-state index in [1.165, 1.54) is 0 Å². The van der Waals surface area contributed by atoms with Crippen LogP contribution in [0.1, 0.15) is 12.6 Å². The predicted molar refractivity (Wildman–Crippen MR) is 116 cm³/mol. The number of hydrogen-bond donors (Lipinski definition) is 1. The van der Waals surface area contributed by atoms with Crippen LogP contribution in [0.15, 0.2) is 58.0 Å². The molecule has 7 heteroatoms. The lowest BCUT2D eigenvalue weighted by molar-refractivity contribution is -0.265. The van der Waals surface area contributed by atoms with E-state index < -0.39 is 11.3 Å². The van der Waals surface area contributed by atoms with Crippen molar-refractivity contribution in [3.05, 3.63) is 69.7 Å². The van der Waals surface area contributed by atoms with Crippen molar-refractivity contribution in [2.45, 2.75) is 20.4 Å². The van der Waals surface area contributed by atoms with Gasteiger partial charge in [0.1, 0.15) is 0 Å². The zero-order valence-electron chi connectivity index (χ0n) is 16.3. The highest BCUT2D eigenvalue weighted by molar-refractivity contribution is 6.34. The molecule has 0 unspecified atom stereocenters. The van der Waals surface area contributed by atoms with Gasteiger partial charge in [0.25, 0.3) is 5.56 Å². The molecule has 0 radical (unpaired) electrons. The minimum atomic E-state index is -0.533. The molecule has 30 heavy (non-hydrogen) atoms. The maximum atomic E-state index is 13.2. The average molecular weight is 419 g/mol. The molecule has 2 aromatic carbocycles. The third kappa shape index (κ3) is 2.80. The van der Waals surface area contributed by atoms with Gasteiger partial charge in [-0.05, 0) is 55.1 Å². The molecule has 5 rings (SSSR count). The Morgan fingerprint density at radius 1 is 1.20 bits per heavy atom. The summed E-state index contributed by atoms with van der Waals surface area (Å²) in [6, 6.07) is 13.0. The Morgan fingerprint density at radius 2 is 2.03 bits per heavy atom. The van der Waals surface area contributed by atoms with E-state index >= 15 is 0 Å². The molecule has 150 valence electrons. The summed E-state index contributed by atoms with van der Waals surface area (Å²) in [6.07, 6.45) is 2.04. The van der Waals surface area contributed by atoms with Crippen molar-refractivity contribution in [3.8, 4) is 28.2 Å². The lowest BCUT2D eigenvalue weighted by Crippen LogP contribution is -2.13. The van der Waals surface area contributed by atoms with Crippen molar-refractivity contribution in [2.24, 2.45) is 0 Å². The van der Waals surface area contributed by atoms with E-state index in [2.05, 4.69) is 27.7 Å². The fraction of sp³-hybridized carbons (Fsp3) is 0.130. The van der Waals surface area contributed by atoms with Crippen LogP contribution in [0.25, 0.3) is 44.3 Å². The number of aromatic nitrogens is 3. The number of aryl methyl sites for hydroxylation is 2. The second kappa shape index (κ2) is 6.78. The first kappa shape index (κ1) is 18.5. The lowest BCUT2D eigenvalue weighted by Gasteiger charge is -2.16. The standard InChI is InChI=1S/C23H18ClN3O3/c1-3-27-7-6-14-9-13(4-5-19(14)27)15-10-16-18(11-17(15)24)25-23(29)21(22(16)28)20-8-12(2)26-30-20/h4-11H,3H2,1-2H3,(H2,25,28,29)/p-1. The number of benzene rings is 2. The second-order valence-electron chi connectivity index (χ2n) is 7.24. The molecule has 0 aliphatic carbocycles. The molecule has 0 aliphatic heterocycles. The summed E-state index contributed by atoms with van der Waals surface area (Å²) in [4.78, 5) is 15.3. The summed E-state index contributed by atoms with van der Waals surface area (Å²) >= 11 is 6.53. The normalized spacial score (nSPS) is 11.6. The number of hydrogen-bond acceptors (Lipinski definition) is 4. The van der Waals surface area contributed by atoms with Gasteiger partial charge in [-0.2, -0.15) is 0 Å². The van der Waals surface area contributed by atoms with Crippen molar-refractivity contribution >= 4 is 33.4 Å². The molecule has 0 fully saturated rings. The molecule has 3 heterocycles. The number of nitrogens with zero attached hydrogens (tertiary/aromatic N) is 2. The average Bonchev–Trinajstić information content (AvgIpc) is 3.33. The maximum Gasteiger partial charge on any atom is 0.258 e. The van der Waals surface area contributed by atoms with Gasteiger partial charge in [-0.25, -0.2) is 0 Å². The van der Waals surface area contributed by atoms with E-state index in [0.717, 1.165) is 28.6 Å². The third-order valence-corrected chi connectivity index (χ3v) is 5.66. The number of rotatable bonds is 3. The molecule has 0 atom stereocenters. The third-order valence-electron chi connectivity index (χ3n) is 5.35. The summed E-state index contributed by atoms with van der Waals surface area (Å²) < 4.78 is 7.32. The van der Waals surface area contributed by atoms with Gasteiger partial charge in [-0.15, -0.1) is 0 Å². The van der Waals surface area contributed by atoms with Crippen LogP contribution in [0, 0.1) is 6.92 Å². The second-order valence-corrected chi connectivity index (χ2v) is 7.65. The van der Waals surface area contributed by atoms with Gasteiger partial charge >= 0.3 is 0 Å². The van der Waals surface area contributed by atoms with Crippen molar-refractivity contribution in [3.63, 3.8) is 0 Å². The quantitative estimate of drug-likeness (QED) is 0.453. The maximum absolute atomic E-state index is 13.2. The van der Waals surface area contributed by atoms with Crippen molar-refractivity contribution < 1.29 is 9.63 Å². The SMILES string of the molecule is CCn1ccc2cc(-c3cc4c([O-])c(-c5cc(C)no5)c(=O)[nH]c4cc3Cl)ccc21. The molecular weight excluding hydrogens is 402 g/mol. The van der Waals surface area contributed by atoms with Crippen molar-refractivity contribution in [1.82, 2.24) is 14.7 Å². The Morgan fingerprint density at radius 3 is 2.77 bits per heavy atom. The molecule has 0 saturated carbocycles. The number of nitrogens with one attached hydrogen (secondary N) is 1. The topological polar surface area (TPSA) is 86.9 Å². The summed E-state index contributed by atoms with van der Waals surface area (Å²) in [5.41, 5.74) is 3.13. The minimum absolute atomic E-state index is 0.0631. The number of fused-ring (bicyclic) bond motifs is 2. The van der Waals surface area contributed by atoms with Crippen LogP contribution in [0.4, 0.5) is 0 Å². The molecule has 6 nitrogen and oxygen atoms in total. The van der Waals surface area contributed by atoms with Crippen LogP contribution in [-0.2, 0) is 6.54 Å². The van der Waals surface area contributed by atoms with Gasteiger partial charge in [0, 0.05) is 40.8 Å². The zero-order valence-corrected chi connectivity index (χ0v) is 17.1. The first-order valence-electron chi connectivity index (χ1n) is 9.55. The van der Waals surface area contributed by atoms with E-state index in [-0.39, 0.29) is 11.3 Å². The summed E-state index contributed by atoms with van der Waals surface area (Å²) in [5, 5.41) is 18.8. The first-order valence-corrected chi connectivity index (χ1v) is 9.93. The Labute approximate surface area is 176 Å². The van der Waals surface area contributed by atoms with Gasteiger partial charge in [0.15, 0.2) is 5.76 Å². The molecule has 0 amide bonds. The van der Waals surface area contributed by atoms with Crippen LogP contribution >= 0.6 is 11.6 Å². The van der Waals surface area contributed by atoms with Crippen LogP contribution in [0.5, 0.6) is 5.75 Å². The van der Waals surface area contributed by atoms with Gasteiger partial charge in [-0.1, -0.05) is 28.6 Å². The molecule has 0 bridgehead atoms. The fourth-order valence-corrected chi connectivity index (χ4v) is 4.13. The fourth-order valence-electron chi connectivity index (χ4n) is 3.86. The highest BCUT2D eigenvalue weighted by Crippen LogP contribution is 2.37. The van der Waals surface area contributed by atoms with E-state index in [1.54, 1.807) is 25.1 Å². The highest BCUT2D eigenvalue weighted by atomic mass is 35.5. The summed E-state index contributed by atoms with van der Waals surface area (Å²) in [5.74, 6) is -0.263. The van der Waals surface area contributed by atoms with Crippen LogP contribution in [0.2, 0.25) is 5.02 Å². The van der Waals surface area contributed by atoms with E-state index in [9.17, 15) is 9.90 Å². The monoisotopic (exact) mass is 418 g/mol. The largest absolute Gasteiger partial charge is 0.871 e. The van der Waals surface area contributed by atoms with Crippen LogP contribution in [0.3, 0.4) is 0 Å². The Hall–Kier alpha value is -3.51. The molecule has 3 aromatic heterocycles. The van der Waals surface area contributed by atoms with E-state index in [0.29, 0.717) is 21.6 Å². The van der Waals surface area contributed by atoms with Gasteiger partial charge < -0.3 is 19.2 Å². The predicted octanol–water partition coefficient (Wildman–Crippen LogP) is 4.86. The van der Waals surface area contributed by atoms with Crippen LogP contribution in [-0.4, -0.2) is 14.7 Å². The van der Waals surface area contributed by atoms with Gasteiger partial charge in [0.2, 0.25) is 0 Å². The van der Waals surface area contributed by atoms with Gasteiger partial charge in [0.05, 0.1) is 16.3 Å². The minimum Gasteiger partial charge on any atom is -0.871 e. The molecule has 0 saturated heterocycles. The first-order chi connectivity index (χ1) is 14.5. The number of aromatic amines is 1. The van der Waals surface area contributed by atoms with Crippen molar-refractivity contribution in [1.29, 1.82) is 0 Å². The molecule has 1 N–H and O–H groups in total. The molecule has 0 spiro atoms. The molecular formula is C23H17ClN3O3-. The Balaban J connectivity index is 1.73. The smallest absolute Gasteiger partial charge is 0.258 e. The Kier molecular flexibility index (Phi) is 4.18. The lowest BCUT2D eigenvalue weighted by atomic mass is 10.00. The Bertz CT molecular complexity index is 1490.